The molecule has 1 aliphatic rings. The Balaban J connectivity index is 1.95. The Morgan fingerprint density at radius 3 is 2.50 bits per heavy atom. The molecule has 1 aliphatic carbocycles. The monoisotopic (exact) mass is 269 g/mol. The maximum Gasteiger partial charge on any atom is 0.127 e. The average Bonchev–Trinajstić information content (AvgIpc) is 3.23. The van der Waals surface area contributed by atoms with E-state index in [9.17, 15) is 0 Å². The molecule has 1 atom stereocenters. The molecule has 0 spiro atoms. The molecular weight excluding hydrogens is 246 g/mol. The first kappa shape index (κ1) is 13.4. The molecular formula is C17H23N3. The molecule has 3 rings (SSSR count). The van der Waals surface area contributed by atoms with Crippen LogP contribution >= 0.6 is 0 Å². The standard InChI is InChI=1S/C17H23N3/c1-4-12-5-7-13(8-6-12)15-11(2)19-16(20-15)17(3,18)14-9-10-14/h5-8,14H,4,9-10,18H2,1-3H3,(H,19,20). The molecule has 106 valence electrons. The fourth-order valence-corrected chi connectivity index (χ4v) is 2.77. The van der Waals surface area contributed by atoms with Gasteiger partial charge in [0.05, 0.1) is 11.2 Å². The summed E-state index contributed by atoms with van der Waals surface area (Å²) in [6.07, 6.45) is 3.49. The van der Waals surface area contributed by atoms with Crippen LogP contribution in [0.4, 0.5) is 0 Å². The molecule has 20 heavy (non-hydrogen) atoms. The summed E-state index contributed by atoms with van der Waals surface area (Å²) >= 11 is 0. The minimum Gasteiger partial charge on any atom is -0.344 e. The van der Waals surface area contributed by atoms with Gasteiger partial charge in [0, 0.05) is 11.3 Å². The van der Waals surface area contributed by atoms with Crippen LogP contribution in [0.25, 0.3) is 11.3 Å². The van der Waals surface area contributed by atoms with Crippen molar-refractivity contribution in [1.82, 2.24) is 9.97 Å². The average molecular weight is 269 g/mol. The molecule has 3 N–H and O–H groups in total. The van der Waals surface area contributed by atoms with Gasteiger partial charge in [-0.05, 0) is 44.6 Å². The van der Waals surface area contributed by atoms with Crippen molar-refractivity contribution in [2.24, 2.45) is 11.7 Å². The Bertz CT molecular complexity index is 604. The van der Waals surface area contributed by atoms with Gasteiger partial charge in [0.2, 0.25) is 0 Å². The third-order valence-corrected chi connectivity index (χ3v) is 4.46. The number of aromatic amines is 1. The summed E-state index contributed by atoms with van der Waals surface area (Å²) in [6.45, 7) is 6.33. The van der Waals surface area contributed by atoms with Crippen LogP contribution in [0.15, 0.2) is 24.3 Å². The van der Waals surface area contributed by atoms with E-state index in [0.717, 1.165) is 29.2 Å². The summed E-state index contributed by atoms with van der Waals surface area (Å²) in [5, 5.41) is 0. The summed E-state index contributed by atoms with van der Waals surface area (Å²) in [7, 11) is 0. The van der Waals surface area contributed by atoms with Crippen molar-refractivity contribution in [3.63, 3.8) is 0 Å². The molecule has 3 nitrogen and oxygen atoms in total. The second-order valence-corrected chi connectivity index (χ2v) is 6.17. The largest absolute Gasteiger partial charge is 0.344 e. The number of nitrogens with one attached hydrogen (secondary N) is 1. The molecule has 1 heterocycles. The van der Waals surface area contributed by atoms with E-state index in [0.29, 0.717) is 5.92 Å². The second kappa shape index (κ2) is 4.74. The van der Waals surface area contributed by atoms with Gasteiger partial charge in [-0.15, -0.1) is 0 Å². The normalized spacial score (nSPS) is 18.0. The van der Waals surface area contributed by atoms with Crippen LogP contribution in [0.2, 0.25) is 0 Å². The summed E-state index contributed by atoms with van der Waals surface area (Å²) in [4.78, 5) is 8.19. The first-order chi connectivity index (χ1) is 9.52. The van der Waals surface area contributed by atoms with Crippen LogP contribution in [0.1, 0.15) is 43.8 Å². The number of nitrogens with zero attached hydrogens (tertiary/aromatic N) is 1. The highest BCUT2D eigenvalue weighted by Gasteiger charge is 2.42. The van der Waals surface area contributed by atoms with Crippen molar-refractivity contribution >= 4 is 0 Å². The molecule has 1 unspecified atom stereocenters. The van der Waals surface area contributed by atoms with Gasteiger partial charge in [0.1, 0.15) is 5.82 Å². The third-order valence-electron chi connectivity index (χ3n) is 4.46. The molecule has 0 radical (unpaired) electrons. The number of aryl methyl sites for hydroxylation is 2. The lowest BCUT2D eigenvalue weighted by molar-refractivity contribution is 0.404. The van der Waals surface area contributed by atoms with Gasteiger partial charge in [-0.25, -0.2) is 4.98 Å². The van der Waals surface area contributed by atoms with E-state index in [4.69, 9.17) is 10.7 Å². The van der Waals surface area contributed by atoms with Crippen molar-refractivity contribution in [3.05, 3.63) is 41.3 Å². The van der Waals surface area contributed by atoms with Crippen molar-refractivity contribution < 1.29 is 0 Å². The summed E-state index contributed by atoms with van der Waals surface area (Å²) in [5.74, 6) is 1.50. The highest BCUT2D eigenvalue weighted by molar-refractivity contribution is 5.62. The molecule has 3 heteroatoms. The molecule has 0 saturated heterocycles. The summed E-state index contributed by atoms with van der Waals surface area (Å²) in [6, 6.07) is 8.64. The lowest BCUT2D eigenvalue weighted by Crippen LogP contribution is -2.36. The Hall–Kier alpha value is -1.61. The molecule has 1 fully saturated rings. The molecule has 0 aliphatic heterocycles. The summed E-state index contributed by atoms with van der Waals surface area (Å²) < 4.78 is 0. The van der Waals surface area contributed by atoms with Crippen LogP contribution < -0.4 is 5.73 Å². The van der Waals surface area contributed by atoms with E-state index in [2.05, 4.69) is 50.0 Å². The van der Waals surface area contributed by atoms with Crippen LogP contribution in [0.3, 0.4) is 0 Å². The van der Waals surface area contributed by atoms with E-state index in [1.807, 2.05) is 0 Å². The maximum atomic E-state index is 6.46. The number of benzene rings is 1. The first-order valence-electron chi connectivity index (χ1n) is 7.47. The van der Waals surface area contributed by atoms with Gasteiger partial charge in [-0.2, -0.15) is 0 Å². The quantitative estimate of drug-likeness (QED) is 0.892. The number of imidazole rings is 1. The molecule has 0 bridgehead atoms. The number of hydrogen-bond donors (Lipinski definition) is 2. The van der Waals surface area contributed by atoms with Crippen molar-refractivity contribution in [3.8, 4) is 11.3 Å². The predicted molar refractivity (Wildman–Crippen MR) is 82.4 cm³/mol. The fraction of sp³-hybridized carbons (Fsp3) is 0.471. The zero-order valence-electron chi connectivity index (χ0n) is 12.5. The molecule has 1 saturated carbocycles. The van der Waals surface area contributed by atoms with E-state index in [1.54, 1.807) is 0 Å². The second-order valence-electron chi connectivity index (χ2n) is 6.17. The van der Waals surface area contributed by atoms with Gasteiger partial charge in [-0.1, -0.05) is 31.2 Å². The minimum absolute atomic E-state index is 0.327. The topological polar surface area (TPSA) is 54.7 Å². The van der Waals surface area contributed by atoms with Crippen molar-refractivity contribution in [1.29, 1.82) is 0 Å². The van der Waals surface area contributed by atoms with Crippen LogP contribution in [0.5, 0.6) is 0 Å². The van der Waals surface area contributed by atoms with E-state index < -0.39 is 0 Å². The van der Waals surface area contributed by atoms with E-state index in [-0.39, 0.29) is 5.54 Å². The Kier molecular flexibility index (Phi) is 3.17. The lowest BCUT2D eigenvalue weighted by atomic mass is 9.97. The van der Waals surface area contributed by atoms with Gasteiger partial charge >= 0.3 is 0 Å². The Morgan fingerprint density at radius 2 is 1.95 bits per heavy atom. The predicted octanol–water partition coefficient (Wildman–Crippen LogP) is 3.53. The number of H-pyrrole nitrogens is 1. The minimum atomic E-state index is -0.327. The molecule has 2 aromatic rings. The first-order valence-corrected chi connectivity index (χ1v) is 7.47. The fourth-order valence-electron chi connectivity index (χ4n) is 2.77. The highest BCUT2D eigenvalue weighted by atomic mass is 15.0. The van der Waals surface area contributed by atoms with Gasteiger partial charge < -0.3 is 10.7 Å². The number of hydrogen-bond acceptors (Lipinski definition) is 2. The SMILES string of the molecule is CCc1ccc(-c2nc(C(C)(N)C3CC3)[nH]c2C)cc1. The number of aromatic nitrogens is 2. The molecule has 0 amide bonds. The van der Waals surface area contributed by atoms with E-state index in [1.165, 1.54) is 18.4 Å². The van der Waals surface area contributed by atoms with Crippen molar-refractivity contribution in [2.75, 3.05) is 0 Å². The maximum absolute atomic E-state index is 6.46. The number of nitrogens with two attached hydrogens (primary N) is 1. The van der Waals surface area contributed by atoms with Crippen molar-refractivity contribution in [2.45, 2.75) is 45.6 Å². The van der Waals surface area contributed by atoms with Gasteiger partial charge in [0.25, 0.3) is 0 Å². The number of rotatable bonds is 4. The summed E-state index contributed by atoms with van der Waals surface area (Å²) in [5.41, 5.74) is 10.8. The van der Waals surface area contributed by atoms with Gasteiger partial charge in [0.15, 0.2) is 0 Å². The van der Waals surface area contributed by atoms with E-state index >= 15 is 0 Å². The Labute approximate surface area is 120 Å². The van der Waals surface area contributed by atoms with Crippen LogP contribution in [-0.2, 0) is 12.0 Å². The zero-order chi connectivity index (χ0) is 14.3. The zero-order valence-corrected chi connectivity index (χ0v) is 12.5. The smallest absolute Gasteiger partial charge is 0.127 e. The van der Waals surface area contributed by atoms with Crippen LogP contribution in [-0.4, -0.2) is 9.97 Å². The molecule has 1 aromatic carbocycles. The Morgan fingerprint density at radius 1 is 1.30 bits per heavy atom. The lowest BCUT2D eigenvalue weighted by Gasteiger charge is -2.21. The molecule has 1 aromatic heterocycles. The highest BCUT2D eigenvalue weighted by Crippen LogP contribution is 2.43. The third kappa shape index (κ3) is 2.27. The van der Waals surface area contributed by atoms with Crippen LogP contribution in [0, 0.1) is 12.8 Å². The van der Waals surface area contributed by atoms with Gasteiger partial charge in [-0.3, -0.25) is 0 Å².